The first kappa shape index (κ1) is 7.21. The van der Waals surface area contributed by atoms with E-state index in [1.807, 2.05) is 6.07 Å². The van der Waals surface area contributed by atoms with Gasteiger partial charge in [-0.2, -0.15) is 0 Å². The summed E-state index contributed by atoms with van der Waals surface area (Å²) in [7, 11) is 0. The molecule has 0 radical (unpaired) electrons. The van der Waals surface area contributed by atoms with E-state index in [2.05, 4.69) is 29.2 Å². The summed E-state index contributed by atoms with van der Waals surface area (Å²) in [5, 5.41) is 7.20. The number of rotatable bonds is 1. The maximum absolute atomic E-state index is 4.78. The number of fused-ring (bicyclic) bond motifs is 1. The Labute approximate surface area is 69.6 Å². The van der Waals surface area contributed by atoms with Crippen LogP contribution >= 0.6 is 0 Å². The zero-order chi connectivity index (χ0) is 8.55. The minimum absolute atomic E-state index is 0.457. The first-order valence-electron chi connectivity index (χ1n) is 3.85. The highest BCUT2D eigenvalue weighted by Gasteiger charge is 2.04. The molecule has 2 heterocycles. The SMILES string of the molecule is CC(C)c1cnc2onnc2c1. The molecule has 2 rings (SSSR count). The first-order chi connectivity index (χ1) is 5.77. The number of nitrogens with zero attached hydrogens (tertiary/aromatic N) is 3. The van der Waals surface area contributed by atoms with E-state index in [9.17, 15) is 0 Å². The van der Waals surface area contributed by atoms with Crippen molar-refractivity contribution in [1.29, 1.82) is 0 Å². The zero-order valence-corrected chi connectivity index (χ0v) is 6.98. The van der Waals surface area contributed by atoms with Gasteiger partial charge in [-0.15, -0.1) is 5.10 Å². The molecule has 0 N–H and O–H groups in total. The molecule has 4 heteroatoms. The maximum Gasteiger partial charge on any atom is 0.278 e. The van der Waals surface area contributed by atoms with Crippen molar-refractivity contribution in [1.82, 2.24) is 15.4 Å². The molecule has 0 aromatic carbocycles. The smallest absolute Gasteiger partial charge is 0.278 e. The van der Waals surface area contributed by atoms with Gasteiger partial charge in [0.05, 0.1) is 0 Å². The average Bonchev–Trinajstić information content (AvgIpc) is 2.49. The fourth-order valence-corrected chi connectivity index (χ4v) is 1.02. The summed E-state index contributed by atoms with van der Waals surface area (Å²) in [6.45, 7) is 4.21. The van der Waals surface area contributed by atoms with Crippen molar-refractivity contribution in [3.63, 3.8) is 0 Å². The normalized spacial score (nSPS) is 11.2. The van der Waals surface area contributed by atoms with Gasteiger partial charge in [-0.1, -0.05) is 13.8 Å². The number of pyridine rings is 1. The van der Waals surface area contributed by atoms with Gasteiger partial charge in [0.15, 0.2) is 5.52 Å². The standard InChI is InChI=1S/C8H9N3O/c1-5(2)6-3-7-8(9-4-6)12-11-10-7/h3-5H,1-2H3. The highest BCUT2D eigenvalue weighted by atomic mass is 16.5. The average molecular weight is 163 g/mol. The first-order valence-corrected chi connectivity index (χ1v) is 3.85. The van der Waals surface area contributed by atoms with Crippen LogP contribution in [0.5, 0.6) is 0 Å². The van der Waals surface area contributed by atoms with Crippen molar-refractivity contribution in [3.05, 3.63) is 17.8 Å². The molecule has 2 aromatic heterocycles. The van der Waals surface area contributed by atoms with Crippen molar-refractivity contribution in [2.75, 3.05) is 0 Å². The topological polar surface area (TPSA) is 51.8 Å². The van der Waals surface area contributed by atoms with Crippen LogP contribution in [0.25, 0.3) is 11.2 Å². The summed E-state index contributed by atoms with van der Waals surface area (Å²) in [5.74, 6) is 0.457. The van der Waals surface area contributed by atoms with E-state index < -0.39 is 0 Å². The summed E-state index contributed by atoms with van der Waals surface area (Å²) in [4.78, 5) is 4.07. The third kappa shape index (κ3) is 1.05. The van der Waals surface area contributed by atoms with E-state index in [-0.39, 0.29) is 0 Å². The van der Waals surface area contributed by atoms with Gasteiger partial charge >= 0.3 is 0 Å². The highest BCUT2D eigenvalue weighted by Crippen LogP contribution is 2.16. The third-order valence-electron chi connectivity index (χ3n) is 1.80. The van der Waals surface area contributed by atoms with Crippen molar-refractivity contribution < 1.29 is 4.52 Å². The van der Waals surface area contributed by atoms with Crippen LogP contribution in [0.1, 0.15) is 25.3 Å². The summed E-state index contributed by atoms with van der Waals surface area (Å²) in [6, 6.07) is 1.95. The lowest BCUT2D eigenvalue weighted by Crippen LogP contribution is -1.88. The van der Waals surface area contributed by atoms with Crippen LogP contribution in [0, 0.1) is 0 Å². The van der Waals surface area contributed by atoms with Crippen LogP contribution in [-0.2, 0) is 0 Å². The third-order valence-corrected chi connectivity index (χ3v) is 1.80. The van der Waals surface area contributed by atoms with Crippen molar-refractivity contribution in [2.45, 2.75) is 19.8 Å². The molecule has 0 saturated heterocycles. The summed E-state index contributed by atoms with van der Waals surface area (Å²) in [5.41, 5.74) is 2.37. The maximum atomic E-state index is 4.78. The van der Waals surface area contributed by atoms with Gasteiger partial charge in [0.1, 0.15) is 0 Å². The van der Waals surface area contributed by atoms with Gasteiger partial charge in [-0.25, -0.2) is 4.98 Å². The second-order valence-corrected chi connectivity index (χ2v) is 3.02. The van der Waals surface area contributed by atoms with E-state index >= 15 is 0 Å². The van der Waals surface area contributed by atoms with Gasteiger partial charge in [0.2, 0.25) is 0 Å². The lowest BCUT2D eigenvalue weighted by Gasteiger charge is -2.01. The molecule has 0 unspecified atom stereocenters. The monoisotopic (exact) mass is 163 g/mol. The van der Waals surface area contributed by atoms with E-state index in [0.717, 1.165) is 11.1 Å². The van der Waals surface area contributed by atoms with E-state index in [1.165, 1.54) is 0 Å². The Hall–Kier alpha value is -1.45. The Morgan fingerprint density at radius 2 is 2.25 bits per heavy atom. The Kier molecular flexibility index (Phi) is 1.53. The molecule has 0 aliphatic carbocycles. The van der Waals surface area contributed by atoms with Gasteiger partial charge in [-0.05, 0) is 17.5 Å². The molecule has 0 aliphatic rings. The van der Waals surface area contributed by atoms with Crippen LogP contribution in [-0.4, -0.2) is 15.4 Å². The summed E-state index contributed by atoms with van der Waals surface area (Å²) < 4.78 is 4.78. The molecule has 2 aromatic rings. The molecule has 12 heavy (non-hydrogen) atoms. The highest BCUT2D eigenvalue weighted by molar-refractivity contribution is 5.67. The Bertz CT molecular complexity index is 394. The molecular weight excluding hydrogens is 154 g/mol. The fraction of sp³-hybridized carbons (Fsp3) is 0.375. The number of hydrogen-bond donors (Lipinski definition) is 0. The summed E-state index contributed by atoms with van der Waals surface area (Å²) in [6.07, 6.45) is 1.79. The molecule has 0 amide bonds. The quantitative estimate of drug-likeness (QED) is 0.642. The summed E-state index contributed by atoms with van der Waals surface area (Å²) >= 11 is 0. The minimum Gasteiger partial charge on any atom is -0.316 e. The molecule has 0 atom stereocenters. The van der Waals surface area contributed by atoms with E-state index in [4.69, 9.17) is 4.52 Å². The van der Waals surface area contributed by atoms with Crippen LogP contribution in [0.15, 0.2) is 16.8 Å². The predicted octanol–water partition coefficient (Wildman–Crippen LogP) is 1.74. The Morgan fingerprint density at radius 3 is 3.00 bits per heavy atom. The molecular formula is C8H9N3O. The molecule has 0 saturated carbocycles. The van der Waals surface area contributed by atoms with Crippen LogP contribution in [0.2, 0.25) is 0 Å². The second kappa shape index (κ2) is 2.55. The van der Waals surface area contributed by atoms with Crippen LogP contribution < -0.4 is 0 Å². The second-order valence-electron chi connectivity index (χ2n) is 3.02. The molecule has 4 nitrogen and oxygen atoms in total. The van der Waals surface area contributed by atoms with E-state index in [1.54, 1.807) is 6.20 Å². The number of aromatic nitrogens is 3. The molecule has 0 fully saturated rings. The zero-order valence-electron chi connectivity index (χ0n) is 6.98. The number of hydrogen-bond acceptors (Lipinski definition) is 4. The van der Waals surface area contributed by atoms with E-state index in [0.29, 0.717) is 11.6 Å². The Balaban J connectivity index is 2.60. The Morgan fingerprint density at radius 1 is 1.42 bits per heavy atom. The lowest BCUT2D eigenvalue weighted by molar-refractivity contribution is 0.417. The van der Waals surface area contributed by atoms with Gasteiger partial charge in [0.25, 0.3) is 5.71 Å². The van der Waals surface area contributed by atoms with Gasteiger partial charge in [-0.3, -0.25) is 0 Å². The minimum atomic E-state index is 0.457. The predicted molar refractivity (Wildman–Crippen MR) is 43.7 cm³/mol. The fourth-order valence-electron chi connectivity index (χ4n) is 1.02. The van der Waals surface area contributed by atoms with Crippen molar-refractivity contribution in [2.24, 2.45) is 0 Å². The lowest BCUT2D eigenvalue weighted by atomic mass is 10.1. The van der Waals surface area contributed by atoms with Crippen molar-refractivity contribution in [3.8, 4) is 0 Å². The molecule has 0 spiro atoms. The molecule has 0 aliphatic heterocycles. The van der Waals surface area contributed by atoms with Crippen LogP contribution in [0.4, 0.5) is 0 Å². The largest absolute Gasteiger partial charge is 0.316 e. The molecule has 62 valence electrons. The molecule has 0 bridgehead atoms. The van der Waals surface area contributed by atoms with Crippen molar-refractivity contribution >= 4 is 11.2 Å². The van der Waals surface area contributed by atoms with Gasteiger partial charge < -0.3 is 4.52 Å². The van der Waals surface area contributed by atoms with Gasteiger partial charge in [0, 0.05) is 11.5 Å². The van der Waals surface area contributed by atoms with Crippen LogP contribution in [0.3, 0.4) is 0 Å².